The smallest absolute Gasteiger partial charge is 0.164 e. The van der Waals surface area contributed by atoms with Gasteiger partial charge in [0.1, 0.15) is 11.5 Å². The van der Waals surface area contributed by atoms with Crippen LogP contribution in [-0.2, 0) is 6.42 Å². The van der Waals surface area contributed by atoms with Crippen LogP contribution in [0.25, 0.3) is 16.9 Å². The number of nitrogens with zero attached hydrogens (tertiary/aromatic N) is 3. The van der Waals surface area contributed by atoms with Gasteiger partial charge in [-0.25, -0.2) is 9.97 Å². The fourth-order valence-electron chi connectivity index (χ4n) is 2.31. The maximum Gasteiger partial charge on any atom is 0.164 e. The normalized spacial score (nSPS) is 11.1. The van der Waals surface area contributed by atoms with E-state index in [2.05, 4.69) is 24.0 Å². The number of imidazole rings is 1. The number of nitrogens with two attached hydrogens (primary N) is 1. The van der Waals surface area contributed by atoms with Crippen LogP contribution < -0.4 is 5.73 Å². The van der Waals surface area contributed by atoms with Crippen molar-refractivity contribution in [2.45, 2.75) is 13.3 Å². The van der Waals surface area contributed by atoms with Gasteiger partial charge in [0, 0.05) is 24.4 Å². The zero-order chi connectivity index (χ0) is 13.2. The van der Waals surface area contributed by atoms with Crippen molar-refractivity contribution in [3.63, 3.8) is 0 Å². The summed E-state index contributed by atoms with van der Waals surface area (Å²) in [6, 6.07) is 10.1. The summed E-state index contributed by atoms with van der Waals surface area (Å²) in [5, 5.41) is 0. The first-order valence-electron chi connectivity index (χ1n) is 6.39. The molecule has 0 fully saturated rings. The molecular weight excluding hydrogens is 236 g/mol. The quantitative estimate of drug-likeness (QED) is 0.777. The molecule has 2 heterocycles. The number of hydrogen-bond donors (Lipinski definition) is 1. The van der Waals surface area contributed by atoms with E-state index in [0.717, 1.165) is 29.1 Å². The van der Waals surface area contributed by atoms with Crippen molar-refractivity contribution in [1.82, 2.24) is 14.4 Å². The first kappa shape index (κ1) is 11.9. The average Bonchev–Trinajstić information content (AvgIpc) is 2.79. The molecular formula is C15H16N4. The van der Waals surface area contributed by atoms with Crippen LogP contribution in [0.1, 0.15) is 11.4 Å². The monoisotopic (exact) mass is 252 g/mol. The van der Waals surface area contributed by atoms with E-state index in [-0.39, 0.29) is 0 Å². The van der Waals surface area contributed by atoms with Gasteiger partial charge in [0.25, 0.3) is 0 Å². The first-order valence-corrected chi connectivity index (χ1v) is 6.39. The second-order valence-corrected chi connectivity index (χ2v) is 4.54. The van der Waals surface area contributed by atoms with E-state index in [1.165, 1.54) is 5.56 Å². The summed E-state index contributed by atoms with van der Waals surface area (Å²) in [6.45, 7) is 2.67. The third-order valence-electron chi connectivity index (χ3n) is 3.25. The molecule has 3 aromatic rings. The molecule has 0 unspecified atom stereocenters. The van der Waals surface area contributed by atoms with Crippen LogP contribution in [-0.4, -0.2) is 20.9 Å². The topological polar surface area (TPSA) is 56.2 Å². The molecule has 96 valence electrons. The van der Waals surface area contributed by atoms with Crippen LogP contribution in [0.3, 0.4) is 0 Å². The van der Waals surface area contributed by atoms with Gasteiger partial charge in [0.05, 0.1) is 0 Å². The van der Waals surface area contributed by atoms with Crippen molar-refractivity contribution in [2.24, 2.45) is 5.73 Å². The second-order valence-electron chi connectivity index (χ2n) is 4.54. The number of aryl methyl sites for hydroxylation is 1. The van der Waals surface area contributed by atoms with E-state index in [1.54, 1.807) is 6.20 Å². The average molecular weight is 252 g/mol. The van der Waals surface area contributed by atoms with Crippen LogP contribution in [0.5, 0.6) is 0 Å². The molecule has 0 atom stereocenters. The molecule has 0 bridgehead atoms. The third kappa shape index (κ3) is 2.00. The van der Waals surface area contributed by atoms with E-state index < -0.39 is 0 Å². The lowest BCUT2D eigenvalue weighted by Crippen LogP contribution is -2.06. The summed E-state index contributed by atoms with van der Waals surface area (Å²) < 4.78 is 2.02. The number of hydrogen-bond acceptors (Lipinski definition) is 3. The van der Waals surface area contributed by atoms with E-state index in [4.69, 9.17) is 10.7 Å². The molecule has 0 aliphatic rings. The van der Waals surface area contributed by atoms with Crippen molar-refractivity contribution in [3.8, 4) is 11.3 Å². The maximum atomic E-state index is 5.66. The van der Waals surface area contributed by atoms with Crippen molar-refractivity contribution in [3.05, 3.63) is 54.1 Å². The maximum absolute atomic E-state index is 5.66. The molecule has 1 aromatic carbocycles. The minimum absolute atomic E-state index is 0.585. The molecule has 2 aromatic heterocycles. The van der Waals surface area contributed by atoms with Crippen LogP contribution in [0.4, 0.5) is 0 Å². The summed E-state index contributed by atoms with van der Waals surface area (Å²) >= 11 is 0. The Kier molecular flexibility index (Phi) is 3.01. The van der Waals surface area contributed by atoms with Crippen LogP contribution >= 0.6 is 0 Å². The molecule has 0 saturated heterocycles. The highest BCUT2D eigenvalue weighted by atomic mass is 15.1. The summed E-state index contributed by atoms with van der Waals surface area (Å²) in [4.78, 5) is 9.19. The second kappa shape index (κ2) is 4.82. The first-order chi connectivity index (χ1) is 9.31. The molecule has 4 nitrogen and oxygen atoms in total. The number of benzene rings is 1. The molecule has 2 N–H and O–H groups in total. The van der Waals surface area contributed by atoms with Gasteiger partial charge in [-0.05, 0) is 25.1 Å². The minimum Gasteiger partial charge on any atom is -0.330 e. The van der Waals surface area contributed by atoms with Crippen molar-refractivity contribution >= 4 is 5.65 Å². The molecule has 0 saturated carbocycles. The molecule has 19 heavy (non-hydrogen) atoms. The lowest BCUT2D eigenvalue weighted by molar-refractivity contribution is 0.859. The van der Waals surface area contributed by atoms with Gasteiger partial charge in [0.2, 0.25) is 0 Å². The summed E-state index contributed by atoms with van der Waals surface area (Å²) in [7, 11) is 0. The number of aromatic nitrogens is 3. The molecule has 0 radical (unpaired) electrons. The molecule has 0 aliphatic heterocycles. The van der Waals surface area contributed by atoms with Crippen LogP contribution in [0.15, 0.2) is 42.7 Å². The Morgan fingerprint density at radius 1 is 1.21 bits per heavy atom. The molecule has 0 spiro atoms. The predicted molar refractivity (Wildman–Crippen MR) is 75.9 cm³/mol. The van der Waals surface area contributed by atoms with Gasteiger partial charge < -0.3 is 5.73 Å². The molecule has 3 rings (SSSR count). The van der Waals surface area contributed by atoms with Crippen LogP contribution in [0, 0.1) is 6.92 Å². The Morgan fingerprint density at radius 2 is 2.05 bits per heavy atom. The van der Waals surface area contributed by atoms with E-state index in [0.29, 0.717) is 6.54 Å². The largest absolute Gasteiger partial charge is 0.330 e. The highest BCUT2D eigenvalue weighted by molar-refractivity contribution is 5.76. The Hall–Kier alpha value is -2.20. The Labute approximate surface area is 111 Å². The van der Waals surface area contributed by atoms with E-state index in [1.807, 2.05) is 28.8 Å². The Bertz CT molecular complexity index is 715. The van der Waals surface area contributed by atoms with Gasteiger partial charge in [0.15, 0.2) is 5.65 Å². The van der Waals surface area contributed by atoms with Gasteiger partial charge in [-0.15, -0.1) is 0 Å². The molecule has 4 heteroatoms. The zero-order valence-corrected chi connectivity index (χ0v) is 10.9. The summed E-state index contributed by atoms with van der Waals surface area (Å²) in [6.07, 6.45) is 4.53. The summed E-state index contributed by atoms with van der Waals surface area (Å²) in [5.74, 6) is 0.962. The van der Waals surface area contributed by atoms with E-state index in [9.17, 15) is 0 Å². The predicted octanol–water partition coefficient (Wildman–Crippen LogP) is 2.21. The number of fused-ring (bicyclic) bond motifs is 1. The SMILES string of the molecule is Cc1ccccc1-c1nc(CCN)n2cccnc12. The lowest BCUT2D eigenvalue weighted by atomic mass is 10.1. The van der Waals surface area contributed by atoms with Crippen LogP contribution in [0.2, 0.25) is 0 Å². The fraction of sp³-hybridized carbons (Fsp3) is 0.200. The molecule has 0 amide bonds. The van der Waals surface area contributed by atoms with Gasteiger partial charge >= 0.3 is 0 Å². The van der Waals surface area contributed by atoms with Crippen molar-refractivity contribution in [1.29, 1.82) is 0 Å². The van der Waals surface area contributed by atoms with Crippen molar-refractivity contribution in [2.75, 3.05) is 6.54 Å². The summed E-state index contributed by atoms with van der Waals surface area (Å²) in [5.41, 5.74) is 9.81. The highest BCUT2D eigenvalue weighted by Crippen LogP contribution is 2.26. The minimum atomic E-state index is 0.585. The van der Waals surface area contributed by atoms with E-state index >= 15 is 0 Å². The zero-order valence-electron chi connectivity index (χ0n) is 10.9. The van der Waals surface area contributed by atoms with Gasteiger partial charge in [-0.2, -0.15) is 0 Å². The van der Waals surface area contributed by atoms with Gasteiger partial charge in [-0.3, -0.25) is 4.40 Å². The Balaban J connectivity index is 2.27. The van der Waals surface area contributed by atoms with Gasteiger partial charge in [-0.1, -0.05) is 24.3 Å². The Morgan fingerprint density at radius 3 is 2.84 bits per heavy atom. The molecule has 0 aliphatic carbocycles. The third-order valence-corrected chi connectivity index (χ3v) is 3.25. The fourth-order valence-corrected chi connectivity index (χ4v) is 2.31. The number of rotatable bonds is 3. The highest BCUT2D eigenvalue weighted by Gasteiger charge is 2.14. The lowest BCUT2D eigenvalue weighted by Gasteiger charge is -2.01. The standard InChI is InChI=1S/C15H16N4/c1-11-5-2-3-6-12(11)14-15-17-9-4-10-19(15)13(18-14)7-8-16/h2-6,9-10H,7-8,16H2,1H3. The van der Waals surface area contributed by atoms with Crippen molar-refractivity contribution < 1.29 is 0 Å².